The monoisotopic (exact) mass is 211 g/mol. The van der Waals surface area contributed by atoms with Crippen LogP contribution in [0.25, 0.3) is 21.8 Å². The van der Waals surface area contributed by atoms with Gasteiger partial charge in [0.05, 0.1) is 7.11 Å². The van der Waals surface area contributed by atoms with Crippen molar-refractivity contribution in [1.29, 1.82) is 0 Å². The molecule has 1 N–H and O–H groups in total. The third kappa shape index (κ3) is 1.27. The molecule has 0 fully saturated rings. The summed E-state index contributed by atoms with van der Waals surface area (Å²) in [5.74, 6) is 0.897. The third-order valence-electron chi connectivity index (χ3n) is 2.96. The molecule has 0 bridgehead atoms. The number of fused-ring (bicyclic) bond motifs is 3. The lowest BCUT2D eigenvalue weighted by Gasteiger charge is -1.98. The van der Waals surface area contributed by atoms with E-state index in [1.54, 1.807) is 7.11 Å². The van der Waals surface area contributed by atoms with Crippen molar-refractivity contribution in [2.24, 2.45) is 0 Å². The molecule has 3 rings (SSSR count). The Balaban J connectivity index is 2.42. The van der Waals surface area contributed by atoms with Gasteiger partial charge in [-0.05, 0) is 36.8 Å². The molecule has 0 aliphatic carbocycles. The maximum Gasteiger partial charge on any atom is 0.119 e. The summed E-state index contributed by atoms with van der Waals surface area (Å²) in [7, 11) is 1.69. The van der Waals surface area contributed by atoms with Crippen LogP contribution in [0.1, 0.15) is 5.56 Å². The first-order chi connectivity index (χ1) is 7.78. The van der Waals surface area contributed by atoms with Gasteiger partial charge in [0.25, 0.3) is 0 Å². The summed E-state index contributed by atoms with van der Waals surface area (Å²) in [5, 5.41) is 2.47. The Hall–Kier alpha value is -1.96. The lowest BCUT2D eigenvalue weighted by atomic mass is 10.1. The van der Waals surface area contributed by atoms with Gasteiger partial charge in [0.15, 0.2) is 0 Å². The zero-order valence-electron chi connectivity index (χ0n) is 9.37. The van der Waals surface area contributed by atoms with Crippen LogP contribution in [0.5, 0.6) is 5.75 Å². The van der Waals surface area contributed by atoms with Crippen LogP contribution < -0.4 is 4.74 Å². The summed E-state index contributed by atoms with van der Waals surface area (Å²) >= 11 is 0. The molecule has 16 heavy (non-hydrogen) atoms. The number of rotatable bonds is 1. The van der Waals surface area contributed by atoms with E-state index in [9.17, 15) is 0 Å². The fraction of sp³-hybridized carbons (Fsp3) is 0.143. The Morgan fingerprint density at radius 2 is 1.81 bits per heavy atom. The van der Waals surface area contributed by atoms with Gasteiger partial charge in [0.1, 0.15) is 5.75 Å². The SMILES string of the molecule is COc1ccc2[nH]c3cc(C)ccc3c2c1. The topological polar surface area (TPSA) is 25.0 Å². The predicted octanol–water partition coefficient (Wildman–Crippen LogP) is 3.64. The summed E-state index contributed by atoms with van der Waals surface area (Å²) in [4.78, 5) is 3.41. The van der Waals surface area contributed by atoms with Crippen LogP contribution in [-0.4, -0.2) is 12.1 Å². The lowest BCUT2D eigenvalue weighted by molar-refractivity contribution is 0.415. The molecular weight excluding hydrogens is 198 g/mol. The number of benzene rings is 2. The zero-order chi connectivity index (χ0) is 11.1. The van der Waals surface area contributed by atoms with Gasteiger partial charge in [0.2, 0.25) is 0 Å². The smallest absolute Gasteiger partial charge is 0.119 e. The predicted molar refractivity (Wildman–Crippen MR) is 67.1 cm³/mol. The highest BCUT2D eigenvalue weighted by molar-refractivity contribution is 6.07. The Kier molecular flexibility index (Phi) is 1.90. The summed E-state index contributed by atoms with van der Waals surface area (Å²) in [6.07, 6.45) is 0. The molecule has 0 saturated heterocycles. The molecule has 2 heteroatoms. The van der Waals surface area contributed by atoms with E-state index < -0.39 is 0 Å². The molecular formula is C14H13NO. The molecule has 0 unspecified atom stereocenters. The minimum atomic E-state index is 0.897. The van der Waals surface area contributed by atoms with Crippen molar-refractivity contribution in [3.63, 3.8) is 0 Å². The Bertz CT molecular complexity index is 667. The van der Waals surface area contributed by atoms with E-state index in [-0.39, 0.29) is 0 Å². The van der Waals surface area contributed by atoms with Gasteiger partial charge in [0, 0.05) is 21.8 Å². The number of nitrogens with one attached hydrogen (secondary N) is 1. The Labute approximate surface area is 93.8 Å². The minimum Gasteiger partial charge on any atom is -0.497 e. The van der Waals surface area contributed by atoms with Crippen molar-refractivity contribution in [3.8, 4) is 5.75 Å². The molecule has 0 spiro atoms. The Morgan fingerprint density at radius 1 is 0.938 bits per heavy atom. The second-order valence-electron chi connectivity index (χ2n) is 4.09. The first kappa shape index (κ1) is 9.28. The average Bonchev–Trinajstić information content (AvgIpc) is 2.65. The maximum atomic E-state index is 5.25. The summed E-state index contributed by atoms with van der Waals surface area (Å²) in [6.45, 7) is 2.10. The number of H-pyrrole nitrogens is 1. The van der Waals surface area contributed by atoms with Gasteiger partial charge < -0.3 is 9.72 Å². The van der Waals surface area contributed by atoms with Crippen molar-refractivity contribution >= 4 is 21.8 Å². The van der Waals surface area contributed by atoms with E-state index in [1.165, 1.54) is 21.9 Å². The number of ether oxygens (including phenoxy) is 1. The van der Waals surface area contributed by atoms with Gasteiger partial charge in [-0.1, -0.05) is 12.1 Å². The largest absolute Gasteiger partial charge is 0.497 e. The van der Waals surface area contributed by atoms with Gasteiger partial charge in [-0.3, -0.25) is 0 Å². The minimum absolute atomic E-state index is 0.897. The maximum absolute atomic E-state index is 5.25. The molecule has 0 radical (unpaired) electrons. The normalized spacial score (nSPS) is 11.1. The molecule has 0 atom stereocenters. The van der Waals surface area contributed by atoms with E-state index in [1.807, 2.05) is 6.07 Å². The number of aromatic amines is 1. The summed E-state index contributed by atoms with van der Waals surface area (Å²) in [6, 6.07) is 12.6. The van der Waals surface area contributed by atoms with Crippen molar-refractivity contribution in [1.82, 2.24) is 4.98 Å². The molecule has 2 nitrogen and oxygen atoms in total. The van der Waals surface area contributed by atoms with Crippen molar-refractivity contribution in [3.05, 3.63) is 42.0 Å². The third-order valence-corrected chi connectivity index (χ3v) is 2.96. The van der Waals surface area contributed by atoms with Crippen molar-refractivity contribution in [2.75, 3.05) is 7.11 Å². The van der Waals surface area contributed by atoms with Crippen LogP contribution in [0.4, 0.5) is 0 Å². The number of aromatic nitrogens is 1. The van der Waals surface area contributed by atoms with E-state index in [2.05, 4.69) is 42.2 Å². The van der Waals surface area contributed by atoms with Crippen LogP contribution in [0.3, 0.4) is 0 Å². The number of methoxy groups -OCH3 is 1. The quantitative estimate of drug-likeness (QED) is 0.653. The van der Waals surface area contributed by atoms with Crippen LogP contribution in [-0.2, 0) is 0 Å². The Morgan fingerprint density at radius 3 is 2.62 bits per heavy atom. The molecule has 1 aromatic heterocycles. The summed E-state index contributed by atoms with van der Waals surface area (Å²) < 4.78 is 5.25. The molecule has 1 heterocycles. The summed E-state index contributed by atoms with van der Waals surface area (Å²) in [5.41, 5.74) is 3.61. The first-order valence-electron chi connectivity index (χ1n) is 5.34. The van der Waals surface area contributed by atoms with Crippen LogP contribution in [0, 0.1) is 6.92 Å². The molecule has 80 valence electrons. The van der Waals surface area contributed by atoms with Gasteiger partial charge in [-0.25, -0.2) is 0 Å². The molecule has 0 saturated carbocycles. The van der Waals surface area contributed by atoms with Gasteiger partial charge in [-0.15, -0.1) is 0 Å². The molecule has 0 amide bonds. The number of aryl methyl sites for hydroxylation is 1. The molecule has 3 aromatic rings. The van der Waals surface area contributed by atoms with E-state index in [0.717, 1.165) is 11.3 Å². The van der Waals surface area contributed by atoms with Gasteiger partial charge >= 0.3 is 0 Å². The molecule has 0 aliphatic heterocycles. The standard InChI is InChI=1S/C14H13NO/c1-9-3-5-11-12-8-10(16-2)4-6-13(12)15-14(11)7-9/h3-8,15H,1-2H3. The van der Waals surface area contributed by atoms with Crippen LogP contribution >= 0.6 is 0 Å². The first-order valence-corrected chi connectivity index (χ1v) is 5.34. The highest BCUT2D eigenvalue weighted by atomic mass is 16.5. The second-order valence-corrected chi connectivity index (χ2v) is 4.09. The fourth-order valence-corrected chi connectivity index (χ4v) is 2.12. The van der Waals surface area contributed by atoms with E-state index in [0.29, 0.717) is 0 Å². The molecule has 2 aromatic carbocycles. The molecule has 0 aliphatic rings. The zero-order valence-corrected chi connectivity index (χ0v) is 9.37. The highest BCUT2D eigenvalue weighted by Crippen LogP contribution is 2.28. The van der Waals surface area contributed by atoms with E-state index in [4.69, 9.17) is 4.74 Å². The van der Waals surface area contributed by atoms with Crippen LogP contribution in [0.2, 0.25) is 0 Å². The second kappa shape index (κ2) is 3.27. The number of hydrogen-bond donors (Lipinski definition) is 1. The van der Waals surface area contributed by atoms with Crippen LogP contribution in [0.15, 0.2) is 36.4 Å². The van der Waals surface area contributed by atoms with E-state index >= 15 is 0 Å². The van der Waals surface area contributed by atoms with Gasteiger partial charge in [-0.2, -0.15) is 0 Å². The fourth-order valence-electron chi connectivity index (χ4n) is 2.12. The number of hydrogen-bond acceptors (Lipinski definition) is 1. The lowest BCUT2D eigenvalue weighted by Crippen LogP contribution is -1.80. The van der Waals surface area contributed by atoms with Crippen molar-refractivity contribution < 1.29 is 4.74 Å². The highest BCUT2D eigenvalue weighted by Gasteiger charge is 2.04. The average molecular weight is 211 g/mol. The van der Waals surface area contributed by atoms with Crippen molar-refractivity contribution in [2.45, 2.75) is 6.92 Å².